The SMILES string of the molecule is CC(C)(O)C=CCCC[C@H]1CC[C@@]2(C)[C@@H]3CC[C@H]4C(C)(C)[C@@H](O)CC[C@@]45C[C@@]35CC[C@]12C. The van der Waals surface area contributed by atoms with E-state index < -0.39 is 5.60 Å². The Balaban J connectivity index is 1.32. The summed E-state index contributed by atoms with van der Waals surface area (Å²) in [6.07, 6.45) is 20.1. The minimum absolute atomic E-state index is 0.0990. The van der Waals surface area contributed by atoms with Gasteiger partial charge >= 0.3 is 0 Å². The van der Waals surface area contributed by atoms with E-state index in [1.807, 2.05) is 19.9 Å². The maximum atomic E-state index is 10.8. The highest BCUT2D eigenvalue weighted by atomic mass is 16.3. The van der Waals surface area contributed by atoms with Crippen LogP contribution >= 0.6 is 0 Å². The minimum atomic E-state index is -0.682. The number of aliphatic hydroxyl groups is 2. The van der Waals surface area contributed by atoms with Gasteiger partial charge in [0.25, 0.3) is 0 Å². The Morgan fingerprint density at radius 2 is 1.53 bits per heavy atom. The average Bonchev–Trinajstić information content (AvgIpc) is 3.29. The standard InChI is InChI=1S/C30H50O2/c1-25(2,32)15-9-7-8-10-21-13-16-28(6)23-12-11-22-26(3,4)24(31)14-17-29(22)20-30(23,29)19-18-27(21,28)5/h9,15,21-24,31-32H,7-8,10-14,16-20H2,1-6H3/t21-,22-,23-,24-,27+,28-,29+,30-/m0/s1. The van der Waals surface area contributed by atoms with Crippen molar-refractivity contribution in [3.8, 4) is 0 Å². The van der Waals surface area contributed by atoms with Gasteiger partial charge in [-0.25, -0.2) is 0 Å². The van der Waals surface area contributed by atoms with Crippen LogP contribution in [0.25, 0.3) is 0 Å². The molecule has 0 heterocycles. The summed E-state index contributed by atoms with van der Waals surface area (Å²) in [6.45, 7) is 13.9. The number of allylic oxidation sites excluding steroid dienone is 1. The van der Waals surface area contributed by atoms with Gasteiger partial charge in [0.1, 0.15) is 0 Å². The predicted molar refractivity (Wildman–Crippen MR) is 132 cm³/mol. The molecule has 5 saturated carbocycles. The van der Waals surface area contributed by atoms with Gasteiger partial charge < -0.3 is 10.2 Å². The van der Waals surface area contributed by atoms with E-state index in [4.69, 9.17) is 0 Å². The van der Waals surface area contributed by atoms with Crippen LogP contribution in [0.2, 0.25) is 0 Å². The second kappa shape index (κ2) is 7.09. The summed E-state index contributed by atoms with van der Waals surface area (Å²) in [7, 11) is 0. The zero-order valence-corrected chi connectivity index (χ0v) is 21.8. The molecule has 0 unspecified atom stereocenters. The third kappa shape index (κ3) is 2.96. The molecule has 0 aromatic heterocycles. The first kappa shape index (κ1) is 23.4. The van der Waals surface area contributed by atoms with Gasteiger partial charge in [0.2, 0.25) is 0 Å². The van der Waals surface area contributed by atoms with Crippen molar-refractivity contribution in [3.05, 3.63) is 12.2 Å². The molecule has 5 aliphatic rings. The van der Waals surface area contributed by atoms with Gasteiger partial charge in [0.15, 0.2) is 0 Å². The van der Waals surface area contributed by atoms with Crippen LogP contribution in [-0.4, -0.2) is 21.9 Å². The van der Waals surface area contributed by atoms with Crippen molar-refractivity contribution in [1.29, 1.82) is 0 Å². The van der Waals surface area contributed by atoms with Gasteiger partial charge in [-0.3, -0.25) is 0 Å². The molecule has 0 bridgehead atoms. The zero-order valence-electron chi connectivity index (χ0n) is 21.8. The van der Waals surface area contributed by atoms with Gasteiger partial charge in [0.05, 0.1) is 11.7 Å². The van der Waals surface area contributed by atoms with Crippen molar-refractivity contribution in [2.45, 2.75) is 130 Å². The summed E-state index contributed by atoms with van der Waals surface area (Å²) in [5.74, 6) is 2.52. The molecule has 5 fully saturated rings. The quantitative estimate of drug-likeness (QED) is 0.347. The first-order valence-corrected chi connectivity index (χ1v) is 13.9. The molecule has 182 valence electrons. The van der Waals surface area contributed by atoms with Crippen LogP contribution in [-0.2, 0) is 0 Å². The summed E-state index contributed by atoms with van der Waals surface area (Å²) >= 11 is 0. The van der Waals surface area contributed by atoms with Crippen LogP contribution in [0.1, 0.15) is 119 Å². The van der Waals surface area contributed by atoms with Crippen molar-refractivity contribution in [1.82, 2.24) is 0 Å². The van der Waals surface area contributed by atoms with Crippen LogP contribution in [0.3, 0.4) is 0 Å². The van der Waals surface area contributed by atoms with E-state index in [0.29, 0.717) is 21.7 Å². The molecule has 0 amide bonds. The molecule has 32 heavy (non-hydrogen) atoms. The highest BCUT2D eigenvalue weighted by Gasteiger charge is 2.81. The first-order chi connectivity index (χ1) is 14.8. The Morgan fingerprint density at radius 3 is 2.25 bits per heavy atom. The number of rotatable bonds is 5. The van der Waals surface area contributed by atoms with Crippen molar-refractivity contribution in [3.63, 3.8) is 0 Å². The maximum Gasteiger partial charge on any atom is 0.0771 e. The molecule has 5 aliphatic carbocycles. The average molecular weight is 443 g/mol. The van der Waals surface area contributed by atoms with Crippen molar-refractivity contribution in [2.24, 2.45) is 44.8 Å². The number of hydrogen-bond acceptors (Lipinski definition) is 2. The number of hydrogen-bond donors (Lipinski definition) is 2. The summed E-state index contributed by atoms with van der Waals surface area (Å²) in [6, 6.07) is 0. The Bertz CT molecular complexity index is 776. The molecule has 2 spiro atoms. The van der Waals surface area contributed by atoms with E-state index in [2.05, 4.69) is 33.8 Å². The topological polar surface area (TPSA) is 40.5 Å². The van der Waals surface area contributed by atoms with Gasteiger partial charge in [-0.2, -0.15) is 0 Å². The van der Waals surface area contributed by atoms with E-state index in [1.54, 1.807) is 0 Å². The molecule has 0 saturated heterocycles. The second-order valence-electron chi connectivity index (χ2n) is 14.6. The third-order valence-electron chi connectivity index (χ3n) is 12.7. The third-order valence-corrected chi connectivity index (χ3v) is 12.7. The predicted octanol–water partition coefficient (Wildman–Crippen LogP) is 7.28. The molecule has 5 rings (SSSR count). The van der Waals surface area contributed by atoms with E-state index in [-0.39, 0.29) is 11.5 Å². The Morgan fingerprint density at radius 1 is 0.844 bits per heavy atom. The van der Waals surface area contributed by atoms with Crippen molar-refractivity contribution < 1.29 is 10.2 Å². The van der Waals surface area contributed by atoms with Gasteiger partial charge in [-0.15, -0.1) is 0 Å². The van der Waals surface area contributed by atoms with Crippen LogP contribution < -0.4 is 0 Å². The Labute approximate surface area is 197 Å². The van der Waals surface area contributed by atoms with Gasteiger partial charge in [-0.05, 0) is 136 Å². The van der Waals surface area contributed by atoms with Gasteiger partial charge in [-0.1, -0.05) is 39.8 Å². The van der Waals surface area contributed by atoms with Gasteiger partial charge in [0, 0.05) is 0 Å². The van der Waals surface area contributed by atoms with Crippen LogP contribution in [0.15, 0.2) is 12.2 Å². The number of aliphatic hydroxyl groups excluding tert-OH is 1. The number of fused-ring (bicyclic) bond motifs is 2. The number of unbranched alkanes of at least 4 members (excludes halogenated alkanes) is 1. The first-order valence-electron chi connectivity index (χ1n) is 13.9. The molecule has 0 aromatic carbocycles. The van der Waals surface area contributed by atoms with E-state index in [0.717, 1.165) is 30.6 Å². The second-order valence-corrected chi connectivity index (χ2v) is 14.6. The normalized spacial score (nSPS) is 51.6. The molecule has 0 aromatic rings. The highest BCUT2D eigenvalue weighted by Crippen LogP contribution is 2.88. The molecule has 2 N–H and O–H groups in total. The zero-order chi connectivity index (χ0) is 23.2. The molecule has 2 nitrogen and oxygen atoms in total. The summed E-state index contributed by atoms with van der Waals surface area (Å²) in [5.41, 5.74) is 1.59. The van der Waals surface area contributed by atoms with Crippen LogP contribution in [0, 0.1) is 44.8 Å². The minimum Gasteiger partial charge on any atom is -0.393 e. The maximum absolute atomic E-state index is 10.8. The highest BCUT2D eigenvalue weighted by molar-refractivity contribution is 5.30. The van der Waals surface area contributed by atoms with E-state index in [9.17, 15) is 10.2 Å². The monoisotopic (exact) mass is 442 g/mol. The molecule has 0 radical (unpaired) electrons. The molecule has 8 atom stereocenters. The largest absolute Gasteiger partial charge is 0.393 e. The molecular formula is C30H50O2. The van der Waals surface area contributed by atoms with E-state index in [1.165, 1.54) is 64.2 Å². The lowest BCUT2D eigenvalue weighted by molar-refractivity contribution is -0.159. The fourth-order valence-corrected chi connectivity index (χ4v) is 10.8. The van der Waals surface area contributed by atoms with E-state index >= 15 is 0 Å². The smallest absolute Gasteiger partial charge is 0.0771 e. The summed E-state index contributed by atoms with van der Waals surface area (Å²) < 4.78 is 0. The fourth-order valence-electron chi connectivity index (χ4n) is 10.8. The molecular weight excluding hydrogens is 392 g/mol. The van der Waals surface area contributed by atoms with Crippen LogP contribution in [0.4, 0.5) is 0 Å². The lowest BCUT2D eigenvalue weighted by atomic mass is 9.42. The summed E-state index contributed by atoms with van der Waals surface area (Å²) in [4.78, 5) is 0. The molecule has 0 aliphatic heterocycles. The Hall–Kier alpha value is -0.340. The summed E-state index contributed by atoms with van der Waals surface area (Å²) in [5, 5.41) is 20.7. The lowest BCUT2D eigenvalue weighted by Crippen LogP contribution is -2.57. The lowest BCUT2D eigenvalue weighted by Gasteiger charge is -2.63. The van der Waals surface area contributed by atoms with Crippen molar-refractivity contribution in [2.75, 3.05) is 0 Å². The van der Waals surface area contributed by atoms with Crippen LogP contribution in [0.5, 0.6) is 0 Å². The fraction of sp³-hybridized carbons (Fsp3) is 0.933. The molecule has 2 heteroatoms. The Kier molecular flexibility index (Phi) is 5.19. The van der Waals surface area contributed by atoms with Crippen molar-refractivity contribution >= 4 is 0 Å².